The molecule has 0 bridgehead atoms. The smallest absolute Gasteiger partial charge is 0.0714 e. The van der Waals surface area contributed by atoms with E-state index in [4.69, 9.17) is 0 Å². The summed E-state index contributed by atoms with van der Waals surface area (Å²) in [6.45, 7) is 0. The van der Waals surface area contributed by atoms with Gasteiger partial charge in [-0.1, -0.05) is 188 Å². The highest BCUT2D eigenvalue weighted by Gasteiger charge is 2.46. The molecule has 1 aliphatic rings. The van der Waals surface area contributed by atoms with Gasteiger partial charge >= 0.3 is 0 Å². The first-order valence-electron chi connectivity index (χ1n) is 21.1. The monoisotopic (exact) mass is 776 g/mol. The van der Waals surface area contributed by atoms with Gasteiger partial charge in [-0.3, -0.25) is 0 Å². The quantitative estimate of drug-likeness (QED) is 0.156. The normalized spacial score (nSPS) is 12.7. The SMILES string of the molecule is c1ccc(-c2c3c(-c4cccc(N(c5ccccc5)c5ccc6c(c5)C(c5ccccc5)(c5ccccc5)c5ccccc5-6)c4)cccc3n3cc4ccccc4cc23)cc1. The predicted molar refractivity (Wildman–Crippen MR) is 255 cm³/mol. The minimum atomic E-state index is -0.500. The molecule has 1 aliphatic carbocycles. The number of hydrogen-bond donors (Lipinski definition) is 0. The van der Waals surface area contributed by atoms with Gasteiger partial charge in [-0.05, 0) is 109 Å². The summed E-state index contributed by atoms with van der Waals surface area (Å²) in [4.78, 5) is 2.43. The van der Waals surface area contributed by atoms with Crippen molar-refractivity contribution >= 4 is 44.3 Å². The lowest BCUT2D eigenvalue weighted by Gasteiger charge is -2.35. The third-order valence-electron chi connectivity index (χ3n) is 12.8. The van der Waals surface area contributed by atoms with E-state index in [0.717, 1.165) is 22.6 Å². The van der Waals surface area contributed by atoms with Crippen LogP contribution in [0.1, 0.15) is 22.3 Å². The van der Waals surface area contributed by atoms with Crippen molar-refractivity contribution in [1.82, 2.24) is 4.40 Å². The summed E-state index contributed by atoms with van der Waals surface area (Å²) >= 11 is 0. The van der Waals surface area contributed by atoms with Crippen LogP contribution in [0.4, 0.5) is 17.1 Å². The van der Waals surface area contributed by atoms with Crippen LogP contribution >= 0.6 is 0 Å². The van der Waals surface area contributed by atoms with Crippen molar-refractivity contribution in [3.63, 3.8) is 0 Å². The molecule has 0 aliphatic heterocycles. The average molecular weight is 777 g/mol. The summed E-state index contributed by atoms with van der Waals surface area (Å²) in [5.74, 6) is 0. The van der Waals surface area contributed by atoms with Gasteiger partial charge < -0.3 is 9.30 Å². The fourth-order valence-electron chi connectivity index (χ4n) is 10.3. The molecule has 2 aromatic heterocycles. The van der Waals surface area contributed by atoms with Gasteiger partial charge in [0.2, 0.25) is 0 Å². The van der Waals surface area contributed by atoms with Gasteiger partial charge in [0, 0.05) is 34.2 Å². The van der Waals surface area contributed by atoms with Crippen LogP contribution in [0.2, 0.25) is 0 Å². The number of fused-ring (bicyclic) bond motifs is 7. The highest BCUT2D eigenvalue weighted by molar-refractivity contribution is 6.14. The number of nitrogens with zero attached hydrogens (tertiary/aromatic N) is 2. The van der Waals surface area contributed by atoms with E-state index in [1.165, 1.54) is 77.3 Å². The Hall–Kier alpha value is -7.94. The van der Waals surface area contributed by atoms with Crippen molar-refractivity contribution < 1.29 is 0 Å². The van der Waals surface area contributed by atoms with Crippen molar-refractivity contribution in [2.45, 2.75) is 5.41 Å². The number of para-hydroxylation sites is 1. The van der Waals surface area contributed by atoms with Crippen molar-refractivity contribution in [1.29, 1.82) is 0 Å². The largest absolute Gasteiger partial charge is 0.315 e. The van der Waals surface area contributed by atoms with Gasteiger partial charge in [-0.25, -0.2) is 0 Å². The van der Waals surface area contributed by atoms with Crippen LogP contribution in [0, 0.1) is 0 Å². The van der Waals surface area contributed by atoms with Crippen molar-refractivity contribution in [3.8, 4) is 33.4 Å². The second-order valence-corrected chi connectivity index (χ2v) is 16.1. The Labute approximate surface area is 355 Å². The Morgan fingerprint density at radius 1 is 0.344 bits per heavy atom. The molecule has 0 saturated carbocycles. The molecule has 286 valence electrons. The van der Waals surface area contributed by atoms with E-state index in [2.05, 4.69) is 252 Å². The summed E-state index contributed by atoms with van der Waals surface area (Å²) in [6.07, 6.45) is 2.30. The third-order valence-corrected chi connectivity index (χ3v) is 12.8. The van der Waals surface area contributed by atoms with E-state index in [9.17, 15) is 0 Å². The zero-order valence-corrected chi connectivity index (χ0v) is 33.5. The molecule has 9 aromatic carbocycles. The fourth-order valence-corrected chi connectivity index (χ4v) is 10.3. The molecule has 0 radical (unpaired) electrons. The molecule has 0 saturated heterocycles. The molecule has 0 spiro atoms. The van der Waals surface area contributed by atoms with E-state index in [0.29, 0.717) is 0 Å². The Balaban J connectivity index is 1.09. The summed E-state index contributed by atoms with van der Waals surface area (Å²) in [5, 5.41) is 3.70. The van der Waals surface area contributed by atoms with Crippen molar-refractivity contribution in [2.24, 2.45) is 0 Å². The number of aromatic nitrogens is 1. The van der Waals surface area contributed by atoms with E-state index < -0.39 is 5.41 Å². The standard InChI is InChI=1S/C59H40N2/c1-5-19-41(20-6-1)57-56-38-42-21-13-14-22-44(42)40-60(56)55-34-18-32-50(58(55)57)43-23-17-30-48(37-43)61(47-28-11-4-12-29-47)49-35-36-52-51-31-15-16-33-53(51)59(54(52)39-49,45-24-7-2-8-25-45)46-26-9-3-10-27-46/h1-40H. The fraction of sp³-hybridized carbons (Fsp3) is 0.0169. The summed E-state index contributed by atoms with van der Waals surface area (Å²) < 4.78 is 2.39. The molecule has 2 nitrogen and oxygen atoms in total. The maximum atomic E-state index is 2.45. The molecule has 2 heteroatoms. The molecular weight excluding hydrogens is 737 g/mol. The topological polar surface area (TPSA) is 7.65 Å². The van der Waals surface area contributed by atoms with Gasteiger partial charge in [0.25, 0.3) is 0 Å². The first-order chi connectivity index (χ1) is 30.3. The van der Waals surface area contributed by atoms with Crippen LogP contribution in [0.15, 0.2) is 243 Å². The maximum Gasteiger partial charge on any atom is 0.0714 e. The third kappa shape index (κ3) is 5.43. The second-order valence-electron chi connectivity index (χ2n) is 16.1. The number of hydrogen-bond acceptors (Lipinski definition) is 1. The molecule has 12 rings (SSSR count). The Bertz CT molecular complexity index is 3360. The Morgan fingerprint density at radius 3 is 1.66 bits per heavy atom. The number of benzene rings is 9. The molecule has 0 N–H and O–H groups in total. The van der Waals surface area contributed by atoms with Crippen LogP contribution in [0.5, 0.6) is 0 Å². The second kappa shape index (κ2) is 14.1. The van der Waals surface area contributed by atoms with Crippen molar-refractivity contribution in [3.05, 3.63) is 265 Å². The predicted octanol–water partition coefficient (Wildman–Crippen LogP) is 15.4. The van der Waals surface area contributed by atoms with Gasteiger partial charge in [0.15, 0.2) is 0 Å². The van der Waals surface area contributed by atoms with Crippen LogP contribution in [-0.2, 0) is 5.41 Å². The molecule has 0 unspecified atom stereocenters. The maximum absolute atomic E-state index is 2.45. The van der Waals surface area contributed by atoms with Gasteiger partial charge in [-0.2, -0.15) is 0 Å². The minimum Gasteiger partial charge on any atom is -0.315 e. The molecule has 0 atom stereocenters. The number of pyridine rings is 1. The average Bonchev–Trinajstić information content (AvgIpc) is 3.82. The molecular formula is C59H40N2. The van der Waals surface area contributed by atoms with Crippen molar-refractivity contribution in [2.75, 3.05) is 4.90 Å². The van der Waals surface area contributed by atoms with E-state index in [-0.39, 0.29) is 0 Å². The minimum absolute atomic E-state index is 0.500. The number of anilines is 3. The van der Waals surface area contributed by atoms with Gasteiger partial charge in [0.1, 0.15) is 0 Å². The molecule has 2 heterocycles. The van der Waals surface area contributed by atoms with Crippen LogP contribution in [-0.4, -0.2) is 4.40 Å². The Kier molecular flexibility index (Phi) is 8.11. The van der Waals surface area contributed by atoms with Gasteiger partial charge in [0.05, 0.1) is 16.4 Å². The first kappa shape index (κ1) is 35.0. The molecule has 11 aromatic rings. The lowest BCUT2D eigenvalue weighted by molar-refractivity contribution is 0.768. The highest BCUT2D eigenvalue weighted by atomic mass is 15.1. The lowest BCUT2D eigenvalue weighted by atomic mass is 9.67. The van der Waals surface area contributed by atoms with Crippen LogP contribution in [0.3, 0.4) is 0 Å². The molecule has 61 heavy (non-hydrogen) atoms. The molecule has 0 amide bonds. The Morgan fingerprint density at radius 2 is 0.902 bits per heavy atom. The highest BCUT2D eigenvalue weighted by Crippen LogP contribution is 2.57. The molecule has 0 fully saturated rings. The zero-order chi connectivity index (χ0) is 40.3. The zero-order valence-electron chi connectivity index (χ0n) is 33.5. The summed E-state index contributed by atoms with van der Waals surface area (Å²) in [7, 11) is 0. The summed E-state index contributed by atoms with van der Waals surface area (Å²) in [5.41, 5.74) is 17.7. The number of rotatable bonds is 7. The first-order valence-corrected chi connectivity index (χ1v) is 21.1. The van der Waals surface area contributed by atoms with E-state index >= 15 is 0 Å². The van der Waals surface area contributed by atoms with E-state index in [1.54, 1.807) is 0 Å². The van der Waals surface area contributed by atoms with E-state index in [1.807, 2.05) is 0 Å². The van der Waals surface area contributed by atoms with Crippen LogP contribution in [0.25, 0.3) is 60.6 Å². The lowest BCUT2D eigenvalue weighted by Crippen LogP contribution is -2.28. The van der Waals surface area contributed by atoms with Gasteiger partial charge in [-0.15, -0.1) is 0 Å². The van der Waals surface area contributed by atoms with Crippen LogP contribution < -0.4 is 4.90 Å². The summed E-state index contributed by atoms with van der Waals surface area (Å²) in [6, 6.07) is 86.8.